The summed E-state index contributed by atoms with van der Waals surface area (Å²) in [6.07, 6.45) is 0. The predicted molar refractivity (Wildman–Crippen MR) is 63.9 cm³/mol. The SMILES string of the molecule is Cc1nnsc1Oc1ccc(C=S)cc1. The standard InChI is InChI=1S/C10H8N2OS2/c1-7-10(15-12-11-7)13-9-4-2-8(6-14)3-5-9/h2-6H,1H3. The van der Waals surface area contributed by atoms with Crippen molar-refractivity contribution in [3.8, 4) is 10.8 Å². The van der Waals surface area contributed by atoms with Gasteiger partial charge in [-0.15, -0.1) is 5.10 Å². The normalized spacial score (nSPS) is 9.93. The zero-order chi connectivity index (χ0) is 10.7. The maximum atomic E-state index is 5.59. The molecular weight excluding hydrogens is 228 g/mol. The van der Waals surface area contributed by atoms with E-state index in [1.807, 2.05) is 31.2 Å². The number of benzene rings is 1. The number of hydrogen-bond donors (Lipinski definition) is 0. The molecule has 15 heavy (non-hydrogen) atoms. The van der Waals surface area contributed by atoms with Gasteiger partial charge in [0, 0.05) is 16.9 Å². The molecule has 0 unspecified atom stereocenters. The van der Waals surface area contributed by atoms with Gasteiger partial charge in [-0.1, -0.05) is 28.8 Å². The summed E-state index contributed by atoms with van der Waals surface area (Å²) in [6.45, 7) is 1.87. The second kappa shape index (κ2) is 4.46. The quantitative estimate of drug-likeness (QED) is 0.767. The Morgan fingerprint density at radius 3 is 2.60 bits per heavy atom. The highest BCUT2D eigenvalue weighted by Gasteiger charge is 2.04. The Morgan fingerprint density at radius 1 is 1.33 bits per heavy atom. The Balaban J connectivity index is 2.18. The summed E-state index contributed by atoms with van der Waals surface area (Å²) < 4.78 is 9.39. The van der Waals surface area contributed by atoms with Crippen molar-refractivity contribution in [3.05, 3.63) is 35.5 Å². The minimum Gasteiger partial charge on any atom is -0.443 e. The highest BCUT2D eigenvalue weighted by molar-refractivity contribution is 7.79. The number of aryl methyl sites for hydroxylation is 1. The largest absolute Gasteiger partial charge is 0.443 e. The molecule has 0 aliphatic rings. The molecule has 2 rings (SSSR count). The average molecular weight is 236 g/mol. The summed E-state index contributed by atoms with van der Waals surface area (Å²) in [5.74, 6) is 0.768. The van der Waals surface area contributed by atoms with Crippen LogP contribution in [-0.2, 0) is 0 Å². The monoisotopic (exact) mass is 236 g/mol. The molecule has 0 spiro atoms. The van der Waals surface area contributed by atoms with Gasteiger partial charge < -0.3 is 4.74 Å². The van der Waals surface area contributed by atoms with Gasteiger partial charge in [-0.25, -0.2) is 0 Å². The summed E-state index contributed by atoms with van der Waals surface area (Å²) in [5.41, 5.74) is 1.80. The van der Waals surface area contributed by atoms with Crippen molar-refractivity contribution in [2.45, 2.75) is 6.92 Å². The molecule has 0 N–H and O–H groups in total. The van der Waals surface area contributed by atoms with Crippen LogP contribution in [0.1, 0.15) is 11.3 Å². The maximum Gasteiger partial charge on any atom is 0.223 e. The van der Waals surface area contributed by atoms with Crippen LogP contribution < -0.4 is 4.74 Å². The van der Waals surface area contributed by atoms with Crippen molar-refractivity contribution >= 4 is 29.1 Å². The summed E-state index contributed by atoms with van der Waals surface area (Å²) in [4.78, 5) is 0. The second-order valence-corrected chi connectivity index (χ2v) is 3.89. The fourth-order valence-electron chi connectivity index (χ4n) is 1.04. The maximum absolute atomic E-state index is 5.59. The third-order valence-corrected chi connectivity index (χ3v) is 2.82. The highest BCUT2D eigenvalue weighted by Crippen LogP contribution is 2.26. The molecule has 0 saturated heterocycles. The number of thiocarbonyl (C=S) groups is 1. The first-order chi connectivity index (χ1) is 7.29. The van der Waals surface area contributed by atoms with Crippen LogP contribution in [0, 0.1) is 6.92 Å². The fraction of sp³-hybridized carbons (Fsp3) is 0.100. The van der Waals surface area contributed by atoms with Gasteiger partial charge in [-0.05, 0) is 24.6 Å². The lowest BCUT2D eigenvalue weighted by Crippen LogP contribution is -1.84. The molecule has 3 nitrogen and oxygen atoms in total. The molecule has 0 fully saturated rings. The lowest BCUT2D eigenvalue weighted by atomic mass is 10.2. The van der Waals surface area contributed by atoms with E-state index >= 15 is 0 Å². The van der Waals surface area contributed by atoms with E-state index in [1.54, 1.807) is 5.37 Å². The van der Waals surface area contributed by atoms with Crippen molar-refractivity contribution in [1.82, 2.24) is 9.59 Å². The third-order valence-electron chi connectivity index (χ3n) is 1.84. The van der Waals surface area contributed by atoms with Gasteiger partial charge in [0.05, 0.1) is 0 Å². The molecule has 0 radical (unpaired) electrons. The van der Waals surface area contributed by atoms with Gasteiger partial charge in [0.1, 0.15) is 11.4 Å². The molecule has 0 aliphatic carbocycles. The van der Waals surface area contributed by atoms with Crippen LogP contribution in [0.2, 0.25) is 0 Å². The molecule has 1 aromatic heterocycles. The average Bonchev–Trinajstić information content (AvgIpc) is 2.66. The first-order valence-electron chi connectivity index (χ1n) is 4.31. The van der Waals surface area contributed by atoms with Gasteiger partial charge in [0.25, 0.3) is 0 Å². The third kappa shape index (κ3) is 2.37. The van der Waals surface area contributed by atoms with Crippen LogP contribution in [0.25, 0.3) is 0 Å². The second-order valence-electron chi connectivity index (χ2n) is 2.93. The summed E-state index contributed by atoms with van der Waals surface area (Å²) in [5, 5.41) is 6.22. The van der Waals surface area contributed by atoms with Crippen LogP contribution in [0.5, 0.6) is 10.8 Å². The van der Waals surface area contributed by atoms with Crippen molar-refractivity contribution in [2.24, 2.45) is 0 Å². The van der Waals surface area contributed by atoms with E-state index in [1.165, 1.54) is 11.5 Å². The number of aromatic nitrogens is 2. The lowest BCUT2D eigenvalue weighted by Gasteiger charge is -2.02. The van der Waals surface area contributed by atoms with Gasteiger partial charge in [0.2, 0.25) is 5.06 Å². The predicted octanol–water partition coefficient (Wildman–Crippen LogP) is 2.99. The van der Waals surface area contributed by atoms with E-state index in [-0.39, 0.29) is 0 Å². The lowest BCUT2D eigenvalue weighted by molar-refractivity contribution is 0.491. The number of hydrogen-bond acceptors (Lipinski definition) is 5. The van der Waals surface area contributed by atoms with Crippen molar-refractivity contribution in [1.29, 1.82) is 0 Å². The minimum absolute atomic E-state index is 0.727. The molecule has 1 heterocycles. The van der Waals surface area contributed by atoms with E-state index in [0.29, 0.717) is 0 Å². The van der Waals surface area contributed by atoms with Crippen LogP contribution in [0.15, 0.2) is 24.3 Å². The van der Waals surface area contributed by atoms with E-state index in [9.17, 15) is 0 Å². The first kappa shape index (κ1) is 10.2. The van der Waals surface area contributed by atoms with Gasteiger partial charge in [0.15, 0.2) is 0 Å². The van der Waals surface area contributed by atoms with Crippen molar-refractivity contribution in [2.75, 3.05) is 0 Å². The van der Waals surface area contributed by atoms with E-state index in [0.717, 1.165) is 22.1 Å². The molecule has 5 heteroatoms. The molecular formula is C10H8N2OS2. The molecule has 2 aromatic rings. The topological polar surface area (TPSA) is 35.0 Å². The van der Waals surface area contributed by atoms with Crippen LogP contribution in [0.4, 0.5) is 0 Å². The molecule has 76 valence electrons. The van der Waals surface area contributed by atoms with Gasteiger partial charge in [-0.3, -0.25) is 0 Å². The van der Waals surface area contributed by atoms with Gasteiger partial charge in [-0.2, -0.15) is 0 Å². The van der Waals surface area contributed by atoms with E-state index < -0.39 is 0 Å². The van der Waals surface area contributed by atoms with E-state index in [2.05, 4.69) is 9.59 Å². The zero-order valence-electron chi connectivity index (χ0n) is 8.01. The highest BCUT2D eigenvalue weighted by atomic mass is 32.1. The Kier molecular flexibility index (Phi) is 3.03. The Morgan fingerprint density at radius 2 is 2.07 bits per heavy atom. The number of nitrogens with zero attached hydrogens (tertiary/aromatic N) is 2. The Hall–Kier alpha value is -1.33. The van der Waals surface area contributed by atoms with Crippen LogP contribution >= 0.6 is 23.8 Å². The first-order valence-corrected chi connectivity index (χ1v) is 5.56. The molecule has 0 bridgehead atoms. The molecule has 0 aliphatic heterocycles. The molecule has 0 amide bonds. The molecule has 0 saturated carbocycles. The van der Waals surface area contributed by atoms with Gasteiger partial charge >= 0.3 is 0 Å². The van der Waals surface area contributed by atoms with Crippen molar-refractivity contribution in [3.63, 3.8) is 0 Å². The summed E-state index contributed by atoms with van der Waals surface area (Å²) >= 11 is 6.06. The summed E-state index contributed by atoms with van der Waals surface area (Å²) in [6, 6.07) is 7.56. The van der Waals surface area contributed by atoms with Crippen molar-refractivity contribution < 1.29 is 4.74 Å². The minimum atomic E-state index is 0.727. The van der Waals surface area contributed by atoms with E-state index in [4.69, 9.17) is 17.0 Å². The molecule has 0 atom stereocenters. The number of ether oxygens (including phenoxy) is 1. The smallest absolute Gasteiger partial charge is 0.223 e. The fourth-order valence-corrected chi connectivity index (χ4v) is 1.74. The molecule has 1 aromatic carbocycles. The zero-order valence-corrected chi connectivity index (χ0v) is 9.64. The Labute approximate surface area is 96.9 Å². The van der Waals surface area contributed by atoms with Crippen LogP contribution in [0.3, 0.4) is 0 Å². The van der Waals surface area contributed by atoms with Crippen LogP contribution in [-0.4, -0.2) is 15.0 Å². The Bertz CT molecular complexity index is 465. The number of rotatable bonds is 3. The summed E-state index contributed by atoms with van der Waals surface area (Å²) in [7, 11) is 0.